The third kappa shape index (κ3) is 3.76. The molecule has 1 N–H and O–H groups in total. The summed E-state index contributed by atoms with van der Waals surface area (Å²) in [4.78, 5) is 33.9. The molecule has 4 heterocycles. The van der Waals surface area contributed by atoms with E-state index >= 15 is 0 Å². The Balaban J connectivity index is 0.00000241. The van der Waals surface area contributed by atoms with Crippen LogP contribution in [0, 0.1) is 6.92 Å². The van der Waals surface area contributed by atoms with Crippen LogP contribution in [0.15, 0.2) is 64.3 Å². The number of aryl methyl sites for hydroxylation is 2. The molecule has 164 valence electrons. The maximum Gasteiger partial charge on any atom is 1.00 e. The maximum atomic E-state index is 13.3. The van der Waals surface area contributed by atoms with E-state index in [1.807, 2.05) is 48.7 Å². The summed E-state index contributed by atoms with van der Waals surface area (Å²) in [5.74, 6) is 0. The zero-order chi connectivity index (χ0) is 22.7. The van der Waals surface area contributed by atoms with Gasteiger partial charge in [-0.2, -0.15) is 0 Å². The predicted octanol–water partition coefficient (Wildman–Crippen LogP) is 1.41. The van der Waals surface area contributed by atoms with Gasteiger partial charge >= 0.3 is 29.6 Å². The second-order valence-electron chi connectivity index (χ2n) is 7.91. The number of halogens is 1. The predicted molar refractivity (Wildman–Crippen MR) is 132 cm³/mol. The number of hydrogen-bond acceptors (Lipinski definition) is 4. The number of aromatic amines is 1. The fourth-order valence-corrected chi connectivity index (χ4v) is 5.39. The number of benzene rings is 2. The number of aromatic nitrogens is 5. The topological polar surface area (TPSA) is 86.8 Å². The molecule has 6 rings (SSSR count). The van der Waals surface area contributed by atoms with Gasteiger partial charge in [0, 0.05) is 39.7 Å². The third-order valence-electron chi connectivity index (χ3n) is 5.96. The number of hydrogen-bond donors (Lipinski definition) is 1. The molecule has 4 aromatic heterocycles. The van der Waals surface area contributed by atoms with Crippen LogP contribution >= 0.6 is 22.9 Å². The minimum atomic E-state index is -0.269. The number of H-pyrrole nitrogens is 1. The number of nitrogens with one attached hydrogen (secondary N) is 1. The van der Waals surface area contributed by atoms with E-state index in [-0.39, 0.29) is 40.7 Å². The molecule has 0 fully saturated rings. The molecule has 6 aromatic rings. The van der Waals surface area contributed by atoms with Gasteiger partial charge < -0.3 is 19.3 Å². The molecule has 0 aliphatic heterocycles. The zero-order valence-corrected chi connectivity index (χ0v) is 22.1. The molecule has 0 spiro atoms. The van der Waals surface area contributed by atoms with Gasteiger partial charge in [0.05, 0.1) is 10.2 Å². The summed E-state index contributed by atoms with van der Waals surface area (Å²) >= 11 is 7.55. The largest absolute Gasteiger partial charge is 1.00 e. The van der Waals surface area contributed by atoms with Crippen molar-refractivity contribution in [3.05, 3.63) is 91.7 Å². The number of pyridine rings is 1. The SMILES string of the molecule is Cc1c2c(=O)n(-c3nc4ccccc4s3)[n-]c2cc(=O)n1CCc1c[nH]c2ccc(Cl)cc12.[Na+]. The van der Waals surface area contributed by atoms with Gasteiger partial charge in [-0.05, 0) is 55.3 Å². The first-order valence-corrected chi connectivity index (χ1v) is 11.6. The minimum Gasteiger partial charge on any atom is -0.585 e. The molecule has 0 saturated carbocycles. The normalized spacial score (nSPS) is 11.5. The summed E-state index contributed by atoms with van der Waals surface area (Å²) in [5, 5.41) is 7.05. The van der Waals surface area contributed by atoms with E-state index in [9.17, 15) is 9.59 Å². The van der Waals surface area contributed by atoms with Crippen LogP contribution in [0.1, 0.15) is 11.3 Å². The standard InChI is InChI=1S/C24H18ClN5O2S.Na/c1-13-22-19(28-30(23(22)32)24-27-18-4-2-3-5-20(18)33-24)11-21(31)29(13)9-8-14-12-26-17-7-6-15(25)10-16(14)17;/h2-7,10-12,26H,8-9H2,1H3,(H,28,31);/q;+1/p-1. The summed E-state index contributed by atoms with van der Waals surface area (Å²) < 4.78 is 3.91. The van der Waals surface area contributed by atoms with Gasteiger partial charge in [0.1, 0.15) is 0 Å². The number of para-hydroxylation sites is 1. The Morgan fingerprint density at radius 2 is 1.97 bits per heavy atom. The van der Waals surface area contributed by atoms with Gasteiger partial charge in [-0.3, -0.25) is 9.59 Å². The van der Waals surface area contributed by atoms with E-state index < -0.39 is 0 Å². The van der Waals surface area contributed by atoms with Crippen LogP contribution in [0.4, 0.5) is 0 Å². The second kappa shape index (κ2) is 8.87. The van der Waals surface area contributed by atoms with Crippen LogP contribution in [0.2, 0.25) is 5.02 Å². The van der Waals surface area contributed by atoms with E-state index in [1.165, 1.54) is 22.1 Å². The van der Waals surface area contributed by atoms with Crippen LogP contribution in [0.5, 0.6) is 0 Å². The summed E-state index contributed by atoms with van der Waals surface area (Å²) in [6, 6.07) is 14.8. The Morgan fingerprint density at radius 1 is 1.15 bits per heavy atom. The molecule has 0 unspecified atom stereocenters. The quantitative estimate of drug-likeness (QED) is 0.373. The van der Waals surface area contributed by atoms with Crippen molar-refractivity contribution in [2.45, 2.75) is 19.9 Å². The van der Waals surface area contributed by atoms with E-state index in [1.54, 1.807) is 11.5 Å². The van der Waals surface area contributed by atoms with Gasteiger partial charge in [-0.1, -0.05) is 35.1 Å². The second-order valence-corrected chi connectivity index (χ2v) is 9.36. The fraction of sp³-hybridized carbons (Fsp3) is 0.125. The minimum absolute atomic E-state index is 0. The van der Waals surface area contributed by atoms with Crippen molar-refractivity contribution in [1.29, 1.82) is 0 Å². The molecule has 7 nitrogen and oxygen atoms in total. The summed E-state index contributed by atoms with van der Waals surface area (Å²) in [6.07, 6.45) is 2.55. The van der Waals surface area contributed by atoms with Crippen molar-refractivity contribution in [2.24, 2.45) is 0 Å². The van der Waals surface area contributed by atoms with Crippen LogP contribution in [0.3, 0.4) is 0 Å². The zero-order valence-electron chi connectivity index (χ0n) is 18.5. The maximum absolute atomic E-state index is 13.3. The van der Waals surface area contributed by atoms with E-state index in [4.69, 9.17) is 11.6 Å². The Hall–Kier alpha value is -2.62. The Labute approximate surface area is 224 Å². The van der Waals surface area contributed by atoms with E-state index in [2.05, 4.69) is 15.1 Å². The van der Waals surface area contributed by atoms with Gasteiger partial charge in [-0.25, -0.2) is 4.98 Å². The average molecular weight is 498 g/mol. The fourth-order valence-electron chi connectivity index (χ4n) is 4.30. The van der Waals surface area contributed by atoms with Crippen LogP contribution in [-0.4, -0.2) is 19.2 Å². The van der Waals surface area contributed by atoms with Gasteiger partial charge in [0.15, 0.2) is 5.13 Å². The summed E-state index contributed by atoms with van der Waals surface area (Å²) in [5.41, 5.74) is 3.40. The van der Waals surface area contributed by atoms with Crippen molar-refractivity contribution in [2.75, 3.05) is 0 Å². The molecule has 10 heteroatoms. The Kier molecular flexibility index (Phi) is 6.03. The molecular weight excluding hydrogens is 481 g/mol. The van der Waals surface area contributed by atoms with Crippen LogP contribution in [0.25, 0.3) is 37.2 Å². The van der Waals surface area contributed by atoms with E-state index in [0.717, 1.165) is 26.7 Å². The van der Waals surface area contributed by atoms with Crippen LogP contribution in [-0.2, 0) is 13.0 Å². The molecule has 0 bridgehead atoms. The number of nitrogens with zero attached hydrogens (tertiary/aromatic N) is 4. The molecule has 0 saturated heterocycles. The monoisotopic (exact) mass is 497 g/mol. The van der Waals surface area contributed by atoms with Crippen molar-refractivity contribution in [3.63, 3.8) is 0 Å². The molecule has 34 heavy (non-hydrogen) atoms. The van der Waals surface area contributed by atoms with Crippen molar-refractivity contribution in [3.8, 4) is 5.13 Å². The number of thiazole rings is 1. The first-order chi connectivity index (χ1) is 16.0. The average Bonchev–Trinajstić information content (AvgIpc) is 3.48. The van der Waals surface area contributed by atoms with Crippen molar-refractivity contribution < 1.29 is 29.6 Å². The molecule has 2 aromatic carbocycles. The first kappa shape index (κ1) is 23.1. The smallest absolute Gasteiger partial charge is 0.585 e. The third-order valence-corrected chi connectivity index (χ3v) is 7.21. The Morgan fingerprint density at radius 3 is 2.79 bits per heavy atom. The molecule has 0 atom stereocenters. The van der Waals surface area contributed by atoms with Crippen LogP contribution < -0.4 is 45.8 Å². The molecule has 0 amide bonds. The molecular formula is C24H17ClN5NaO2S. The summed E-state index contributed by atoms with van der Waals surface area (Å²) in [6.45, 7) is 2.23. The van der Waals surface area contributed by atoms with Gasteiger partial charge in [0.25, 0.3) is 0 Å². The summed E-state index contributed by atoms with van der Waals surface area (Å²) in [7, 11) is 0. The first-order valence-electron chi connectivity index (χ1n) is 10.4. The number of fused-ring (bicyclic) bond motifs is 3. The van der Waals surface area contributed by atoms with Crippen molar-refractivity contribution in [1.82, 2.24) is 24.3 Å². The van der Waals surface area contributed by atoms with Gasteiger partial charge in [-0.15, -0.1) is 5.52 Å². The van der Waals surface area contributed by atoms with Crippen molar-refractivity contribution >= 4 is 55.0 Å². The van der Waals surface area contributed by atoms with Gasteiger partial charge in [0.2, 0.25) is 11.1 Å². The molecule has 0 aliphatic carbocycles. The molecule has 0 aliphatic rings. The number of rotatable bonds is 4. The molecule has 0 radical (unpaired) electrons. The Bertz CT molecular complexity index is 1780. The van der Waals surface area contributed by atoms with E-state index in [0.29, 0.717) is 39.7 Å².